The van der Waals surface area contributed by atoms with Crippen LogP contribution in [0.1, 0.15) is 42.8 Å². The molecule has 1 aliphatic rings. The molecular weight excluding hydrogens is 358 g/mol. The van der Waals surface area contributed by atoms with Gasteiger partial charge < -0.3 is 19.2 Å². The zero-order valence-electron chi connectivity index (χ0n) is 16.9. The van der Waals surface area contributed by atoms with Crippen LogP contribution in [0.2, 0.25) is 0 Å². The summed E-state index contributed by atoms with van der Waals surface area (Å²) in [4.78, 5) is 21.9. The number of likely N-dealkylation sites (tertiary alicyclic amines) is 1. The first kappa shape index (κ1) is 20.4. The molecule has 7 heteroatoms. The molecule has 152 valence electrons. The van der Waals surface area contributed by atoms with Crippen molar-refractivity contribution in [2.45, 2.75) is 38.8 Å². The van der Waals surface area contributed by atoms with Gasteiger partial charge >= 0.3 is 0 Å². The highest BCUT2D eigenvalue weighted by Gasteiger charge is 2.24. The monoisotopic (exact) mass is 387 g/mol. The predicted octanol–water partition coefficient (Wildman–Crippen LogP) is 2.70. The summed E-state index contributed by atoms with van der Waals surface area (Å²) < 4.78 is 16.2. The molecule has 3 rings (SSSR count). The Morgan fingerprint density at radius 3 is 2.86 bits per heavy atom. The second-order valence-corrected chi connectivity index (χ2v) is 7.05. The first-order valence-corrected chi connectivity index (χ1v) is 9.74. The first-order valence-electron chi connectivity index (χ1n) is 9.74. The maximum Gasteiger partial charge on any atom is 0.251 e. The van der Waals surface area contributed by atoms with Gasteiger partial charge in [0, 0.05) is 32.2 Å². The van der Waals surface area contributed by atoms with Crippen molar-refractivity contribution in [1.82, 2.24) is 14.9 Å². The molecule has 1 aromatic heterocycles. The molecule has 0 amide bonds. The van der Waals surface area contributed by atoms with E-state index in [9.17, 15) is 4.79 Å². The van der Waals surface area contributed by atoms with Gasteiger partial charge in [-0.15, -0.1) is 0 Å². The van der Waals surface area contributed by atoms with E-state index in [1.54, 1.807) is 14.2 Å². The summed E-state index contributed by atoms with van der Waals surface area (Å²) in [6.45, 7) is 5.61. The average Bonchev–Trinajstić information content (AvgIpc) is 2.69. The number of ether oxygens (including phenoxy) is 3. The first-order chi connectivity index (χ1) is 13.6. The number of rotatable bonds is 8. The van der Waals surface area contributed by atoms with E-state index in [0.29, 0.717) is 18.9 Å². The molecule has 1 fully saturated rings. The van der Waals surface area contributed by atoms with Crippen LogP contribution in [0.25, 0.3) is 0 Å². The molecule has 28 heavy (non-hydrogen) atoms. The minimum Gasteiger partial charge on any atom is -0.493 e. The molecule has 2 aromatic rings. The Balaban J connectivity index is 1.72. The molecule has 1 saturated heterocycles. The predicted molar refractivity (Wildman–Crippen MR) is 107 cm³/mol. The molecule has 2 heterocycles. The van der Waals surface area contributed by atoms with E-state index in [0.717, 1.165) is 49.8 Å². The van der Waals surface area contributed by atoms with Crippen molar-refractivity contribution in [3.63, 3.8) is 0 Å². The van der Waals surface area contributed by atoms with E-state index < -0.39 is 0 Å². The summed E-state index contributed by atoms with van der Waals surface area (Å²) in [6.07, 6.45) is 2.08. The number of benzene rings is 1. The lowest BCUT2D eigenvalue weighted by molar-refractivity contribution is 0.178. The second-order valence-electron chi connectivity index (χ2n) is 7.05. The Labute approximate surface area is 165 Å². The number of nitrogens with one attached hydrogen (secondary N) is 1. The minimum atomic E-state index is -0.120. The second kappa shape index (κ2) is 9.71. The van der Waals surface area contributed by atoms with E-state index in [1.807, 2.05) is 19.1 Å². The molecular formula is C21H29N3O4. The van der Waals surface area contributed by atoms with Gasteiger partial charge in [-0.05, 0) is 44.0 Å². The zero-order valence-corrected chi connectivity index (χ0v) is 16.9. The molecule has 1 aliphatic heterocycles. The van der Waals surface area contributed by atoms with Gasteiger partial charge in [0.25, 0.3) is 5.56 Å². The van der Waals surface area contributed by atoms with Gasteiger partial charge in [-0.2, -0.15) is 0 Å². The Hall–Kier alpha value is -2.38. The SMILES string of the molecule is CCOc1cc(CN2CCCC(c3nc(COC)cc(=O)[nH]3)C2)ccc1OC. The summed E-state index contributed by atoms with van der Waals surface area (Å²) in [5, 5.41) is 0. The lowest BCUT2D eigenvalue weighted by Gasteiger charge is -2.32. The van der Waals surface area contributed by atoms with Crippen LogP contribution in [0, 0.1) is 0 Å². The third-order valence-corrected chi connectivity index (χ3v) is 4.93. The van der Waals surface area contributed by atoms with Gasteiger partial charge in [0.1, 0.15) is 5.82 Å². The van der Waals surface area contributed by atoms with Crippen LogP contribution in [0.4, 0.5) is 0 Å². The highest BCUT2D eigenvalue weighted by atomic mass is 16.5. The highest BCUT2D eigenvalue weighted by molar-refractivity contribution is 5.43. The number of H-pyrrole nitrogens is 1. The number of aromatic nitrogens is 2. The smallest absolute Gasteiger partial charge is 0.251 e. The van der Waals surface area contributed by atoms with Gasteiger partial charge in [0.2, 0.25) is 0 Å². The number of piperidine rings is 1. The fourth-order valence-electron chi connectivity index (χ4n) is 3.71. The molecule has 7 nitrogen and oxygen atoms in total. The number of methoxy groups -OCH3 is 2. The van der Waals surface area contributed by atoms with Crippen molar-refractivity contribution >= 4 is 0 Å². The molecule has 0 aliphatic carbocycles. The number of aromatic amines is 1. The number of nitrogens with zero attached hydrogens (tertiary/aromatic N) is 2. The van der Waals surface area contributed by atoms with Crippen LogP contribution < -0.4 is 15.0 Å². The Kier molecular flexibility index (Phi) is 7.06. The van der Waals surface area contributed by atoms with Gasteiger partial charge in [0.05, 0.1) is 26.0 Å². The number of hydrogen-bond donors (Lipinski definition) is 1. The minimum absolute atomic E-state index is 0.120. The highest BCUT2D eigenvalue weighted by Crippen LogP contribution is 2.30. The molecule has 0 radical (unpaired) electrons. The molecule has 1 N–H and O–H groups in total. The van der Waals surface area contributed by atoms with E-state index >= 15 is 0 Å². The topological polar surface area (TPSA) is 76.7 Å². The van der Waals surface area contributed by atoms with Crippen LogP contribution in [0.5, 0.6) is 11.5 Å². The van der Waals surface area contributed by atoms with Gasteiger partial charge in [-0.25, -0.2) is 4.98 Å². The Morgan fingerprint density at radius 1 is 1.25 bits per heavy atom. The lowest BCUT2D eigenvalue weighted by atomic mass is 9.96. The molecule has 0 saturated carbocycles. The van der Waals surface area contributed by atoms with Gasteiger partial charge in [0.15, 0.2) is 11.5 Å². The quantitative estimate of drug-likeness (QED) is 0.751. The Morgan fingerprint density at radius 2 is 2.11 bits per heavy atom. The molecule has 1 aromatic carbocycles. The lowest BCUT2D eigenvalue weighted by Crippen LogP contribution is -2.35. The van der Waals surface area contributed by atoms with Gasteiger partial charge in [-0.3, -0.25) is 9.69 Å². The van der Waals surface area contributed by atoms with Crippen LogP contribution >= 0.6 is 0 Å². The summed E-state index contributed by atoms with van der Waals surface area (Å²) >= 11 is 0. The third kappa shape index (κ3) is 5.11. The standard InChI is InChI=1S/C21H29N3O4/c1-4-28-19-10-15(7-8-18(19)27-3)12-24-9-5-6-16(13-24)21-22-17(14-26-2)11-20(25)23-21/h7-8,10-11,16H,4-6,9,12-14H2,1-3H3,(H,22,23,25). The van der Waals surface area contributed by atoms with Crippen molar-refractivity contribution in [3.05, 3.63) is 51.7 Å². The molecule has 0 bridgehead atoms. The van der Waals surface area contributed by atoms with Crippen LogP contribution in [-0.2, 0) is 17.9 Å². The molecule has 1 unspecified atom stereocenters. The Bertz CT molecular complexity index is 837. The van der Waals surface area contributed by atoms with Crippen molar-refractivity contribution in [2.75, 3.05) is 33.9 Å². The molecule has 1 atom stereocenters. The third-order valence-electron chi connectivity index (χ3n) is 4.93. The van der Waals surface area contributed by atoms with E-state index in [2.05, 4.69) is 20.9 Å². The molecule has 0 spiro atoms. The van der Waals surface area contributed by atoms with Crippen molar-refractivity contribution in [3.8, 4) is 11.5 Å². The average molecular weight is 387 g/mol. The zero-order chi connectivity index (χ0) is 19.9. The summed E-state index contributed by atoms with van der Waals surface area (Å²) in [5.41, 5.74) is 1.74. The normalized spacial score (nSPS) is 17.5. The fourth-order valence-corrected chi connectivity index (χ4v) is 3.71. The van der Waals surface area contributed by atoms with Crippen molar-refractivity contribution < 1.29 is 14.2 Å². The fraction of sp³-hybridized carbons (Fsp3) is 0.524. The summed E-state index contributed by atoms with van der Waals surface area (Å²) in [6, 6.07) is 7.57. The van der Waals surface area contributed by atoms with Crippen molar-refractivity contribution in [1.29, 1.82) is 0 Å². The van der Waals surface area contributed by atoms with Crippen LogP contribution in [-0.4, -0.2) is 48.8 Å². The van der Waals surface area contributed by atoms with E-state index in [-0.39, 0.29) is 11.5 Å². The maximum atomic E-state index is 12.0. The van der Waals surface area contributed by atoms with E-state index in [1.165, 1.54) is 11.6 Å². The van der Waals surface area contributed by atoms with Crippen LogP contribution in [0.3, 0.4) is 0 Å². The summed E-state index contributed by atoms with van der Waals surface area (Å²) in [5.74, 6) is 2.49. The largest absolute Gasteiger partial charge is 0.493 e. The van der Waals surface area contributed by atoms with E-state index in [4.69, 9.17) is 14.2 Å². The number of hydrogen-bond acceptors (Lipinski definition) is 6. The van der Waals surface area contributed by atoms with Crippen LogP contribution in [0.15, 0.2) is 29.1 Å². The van der Waals surface area contributed by atoms with Gasteiger partial charge in [-0.1, -0.05) is 6.07 Å². The maximum absolute atomic E-state index is 12.0. The summed E-state index contributed by atoms with van der Waals surface area (Å²) in [7, 11) is 3.26. The van der Waals surface area contributed by atoms with Crippen molar-refractivity contribution in [2.24, 2.45) is 0 Å².